The van der Waals surface area contributed by atoms with E-state index in [-0.39, 0.29) is 5.37 Å². The van der Waals surface area contributed by atoms with Crippen molar-refractivity contribution in [2.24, 2.45) is 0 Å². The van der Waals surface area contributed by atoms with Crippen molar-refractivity contribution in [3.8, 4) is 0 Å². The molecule has 1 nitrogen and oxygen atoms in total. The lowest BCUT2D eigenvalue weighted by Crippen LogP contribution is -2.24. The van der Waals surface area contributed by atoms with Gasteiger partial charge in [0.25, 0.3) is 0 Å². The van der Waals surface area contributed by atoms with Gasteiger partial charge in [0.15, 0.2) is 0 Å². The lowest BCUT2D eigenvalue weighted by atomic mass is 10.2. The van der Waals surface area contributed by atoms with E-state index in [0.717, 1.165) is 18.2 Å². The van der Waals surface area contributed by atoms with Crippen LogP contribution < -0.4 is 5.32 Å². The summed E-state index contributed by atoms with van der Waals surface area (Å²) >= 11 is 1.70. The Morgan fingerprint density at radius 1 is 1.33 bits per heavy atom. The van der Waals surface area contributed by atoms with E-state index in [9.17, 15) is 8.78 Å². The smallest absolute Gasteiger partial charge is 0.126 e. The van der Waals surface area contributed by atoms with Crippen molar-refractivity contribution in [2.75, 3.05) is 5.75 Å². The molecule has 1 saturated heterocycles. The van der Waals surface area contributed by atoms with Crippen molar-refractivity contribution in [1.29, 1.82) is 0 Å². The van der Waals surface area contributed by atoms with Crippen LogP contribution in [0, 0.1) is 11.6 Å². The first-order chi connectivity index (χ1) is 7.19. The van der Waals surface area contributed by atoms with E-state index in [0.29, 0.717) is 11.6 Å². The predicted molar refractivity (Wildman–Crippen MR) is 58.8 cm³/mol. The summed E-state index contributed by atoms with van der Waals surface area (Å²) in [6.07, 6.45) is 1.04. The van der Waals surface area contributed by atoms with Gasteiger partial charge < -0.3 is 0 Å². The van der Waals surface area contributed by atoms with Crippen LogP contribution in [0.3, 0.4) is 0 Å². The summed E-state index contributed by atoms with van der Waals surface area (Å²) in [5, 5.41) is 3.37. The highest BCUT2D eigenvalue weighted by atomic mass is 32.2. The van der Waals surface area contributed by atoms with E-state index >= 15 is 0 Å². The fourth-order valence-corrected chi connectivity index (χ4v) is 3.05. The zero-order chi connectivity index (χ0) is 10.8. The van der Waals surface area contributed by atoms with Gasteiger partial charge in [0.1, 0.15) is 11.6 Å². The van der Waals surface area contributed by atoms with Crippen LogP contribution in [-0.4, -0.2) is 11.8 Å². The van der Waals surface area contributed by atoms with Crippen LogP contribution >= 0.6 is 11.8 Å². The van der Waals surface area contributed by atoms with Crippen molar-refractivity contribution in [1.82, 2.24) is 5.32 Å². The molecule has 1 fully saturated rings. The first-order valence-electron chi connectivity index (χ1n) is 5.02. The molecule has 15 heavy (non-hydrogen) atoms. The Morgan fingerprint density at radius 2 is 2.00 bits per heavy atom. The lowest BCUT2D eigenvalue weighted by molar-refractivity contribution is 0.548. The third kappa shape index (κ3) is 2.49. The standard InChI is InChI=1S/C11H13F2NS/c1-2-10-6-15-11(14-10)7-3-8(12)5-9(13)4-7/h3-5,10-11,14H,2,6H2,1H3. The molecule has 1 N–H and O–H groups in total. The normalized spacial score (nSPS) is 25.8. The molecule has 0 amide bonds. The molecule has 0 radical (unpaired) electrons. The highest BCUT2D eigenvalue weighted by Crippen LogP contribution is 2.34. The van der Waals surface area contributed by atoms with E-state index < -0.39 is 11.6 Å². The molecule has 0 aliphatic carbocycles. The molecule has 1 heterocycles. The lowest BCUT2D eigenvalue weighted by Gasteiger charge is -2.12. The van der Waals surface area contributed by atoms with Crippen LogP contribution in [0.4, 0.5) is 8.78 Å². The Bertz CT molecular complexity index is 336. The number of thioether (sulfide) groups is 1. The van der Waals surface area contributed by atoms with Crippen molar-refractivity contribution < 1.29 is 8.78 Å². The Labute approximate surface area is 92.3 Å². The molecule has 2 rings (SSSR count). The van der Waals surface area contributed by atoms with Crippen molar-refractivity contribution >= 4 is 11.8 Å². The van der Waals surface area contributed by atoms with E-state index in [1.807, 2.05) is 0 Å². The highest BCUT2D eigenvalue weighted by molar-refractivity contribution is 7.99. The second-order valence-electron chi connectivity index (χ2n) is 3.69. The summed E-state index contributed by atoms with van der Waals surface area (Å²) in [4.78, 5) is 0. The van der Waals surface area contributed by atoms with Crippen LogP contribution in [0.15, 0.2) is 18.2 Å². The number of halogens is 2. The van der Waals surface area contributed by atoms with Crippen LogP contribution in [0.25, 0.3) is 0 Å². The van der Waals surface area contributed by atoms with Gasteiger partial charge in [-0.05, 0) is 24.1 Å². The number of benzene rings is 1. The van der Waals surface area contributed by atoms with Gasteiger partial charge in [-0.3, -0.25) is 5.32 Å². The molecule has 0 aromatic heterocycles. The SMILES string of the molecule is CCC1CSC(c2cc(F)cc(F)c2)N1. The minimum absolute atomic E-state index is 0.0279. The summed E-state index contributed by atoms with van der Waals surface area (Å²) in [6.45, 7) is 2.10. The molecule has 2 unspecified atom stereocenters. The Kier molecular flexibility index (Phi) is 3.26. The quantitative estimate of drug-likeness (QED) is 0.836. The first kappa shape index (κ1) is 10.9. The third-order valence-corrected chi connectivity index (χ3v) is 3.87. The van der Waals surface area contributed by atoms with Gasteiger partial charge in [0, 0.05) is 17.9 Å². The number of hydrogen-bond donors (Lipinski definition) is 1. The zero-order valence-electron chi connectivity index (χ0n) is 8.47. The molecule has 1 aromatic rings. The van der Waals surface area contributed by atoms with Crippen LogP contribution in [-0.2, 0) is 0 Å². The summed E-state index contributed by atoms with van der Waals surface area (Å²) in [6, 6.07) is 4.14. The molecule has 1 aliphatic heterocycles. The second kappa shape index (κ2) is 4.49. The minimum Gasteiger partial charge on any atom is -0.298 e. The van der Waals surface area contributed by atoms with Crippen molar-refractivity contribution in [3.63, 3.8) is 0 Å². The number of hydrogen-bond acceptors (Lipinski definition) is 2. The van der Waals surface area contributed by atoms with Gasteiger partial charge in [-0.2, -0.15) is 0 Å². The maximum absolute atomic E-state index is 13.0. The Morgan fingerprint density at radius 3 is 2.53 bits per heavy atom. The average molecular weight is 229 g/mol. The molecular formula is C11H13F2NS. The van der Waals surface area contributed by atoms with Gasteiger partial charge in [-0.25, -0.2) is 8.78 Å². The van der Waals surface area contributed by atoms with Gasteiger partial charge in [0.05, 0.1) is 5.37 Å². The maximum atomic E-state index is 13.0. The molecule has 0 bridgehead atoms. The van der Waals surface area contributed by atoms with E-state index in [2.05, 4.69) is 12.2 Å². The number of nitrogens with one attached hydrogen (secondary N) is 1. The van der Waals surface area contributed by atoms with E-state index in [4.69, 9.17) is 0 Å². The van der Waals surface area contributed by atoms with Crippen LogP contribution in [0.1, 0.15) is 24.3 Å². The third-order valence-electron chi connectivity index (χ3n) is 2.53. The molecular weight excluding hydrogens is 216 g/mol. The molecule has 0 spiro atoms. The van der Waals surface area contributed by atoms with Crippen molar-refractivity contribution in [3.05, 3.63) is 35.4 Å². The molecule has 82 valence electrons. The molecule has 2 atom stereocenters. The van der Waals surface area contributed by atoms with Gasteiger partial charge in [0.2, 0.25) is 0 Å². The largest absolute Gasteiger partial charge is 0.298 e. The fourth-order valence-electron chi connectivity index (χ4n) is 1.68. The van der Waals surface area contributed by atoms with E-state index in [1.54, 1.807) is 11.8 Å². The first-order valence-corrected chi connectivity index (χ1v) is 6.07. The molecule has 0 saturated carbocycles. The minimum atomic E-state index is -0.507. The molecule has 1 aromatic carbocycles. The van der Waals surface area contributed by atoms with Gasteiger partial charge >= 0.3 is 0 Å². The predicted octanol–water partition coefficient (Wildman–Crippen LogP) is 3.08. The van der Waals surface area contributed by atoms with E-state index in [1.165, 1.54) is 12.1 Å². The Balaban J connectivity index is 2.16. The Hall–Kier alpha value is -0.610. The maximum Gasteiger partial charge on any atom is 0.126 e. The fraction of sp³-hybridized carbons (Fsp3) is 0.455. The summed E-state index contributed by atoms with van der Waals surface area (Å²) in [5.74, 6) is -0.0149. The van der Waals surface area contributed by atoms with Crippen LogP contribution in [0.2, 0.25) is 0 Å². The zero-order valence-corrected chi connectivity index (χ0v) is 9.28. The number of rotatable bonds is 2. The summed E-state index contributed by atoms with van der Waals surface area (Å²) in [7, 11) is 0. The topological polar surface area (TPSA) is 12.0 Å². The second-order valence-corrected chi connectivity index (χ2v) is 4.83. The summed E-state index contributed by atoms with van der Waals surface area (Å²) < 4.78 is 26.0. The van der Waals surface area contributed by atoms with Crippen LogP contribution in [0.5, 0.6) is 0 Å². The van der Waals surface area contributed by atoms with Gasteiger partial charge in [-0.1, -0.05) is 6.92 Å². The van der Waals surface area contributed by atoms with Crippen molar-refractivity contribution in [2.45, 2.75) is 24.8 Å². The summed E-state index contributed by atoms with van der Waals surface area (Å²) in [5.41, 5.74) is 0.688. The molecule has 1 aliphatic rings. The highest BCUT2D eigenvalue weighted by Gasteiger charge is 2.24. The monoisotopic (exact) mass is 229 g/mol. The van der Waals surface area contributed by atoms with Gasteiger partial charge in [-0.15, -0.1) is 11.8 Å². The molecule has 4 heteroatoms. The average Bonchev–Trinajstić information content (AvgIpc) is 2.64.